The van der Waals surface area contributed by atoms with Crippen molar-refractivity contribution in [3.63, 3.8) is 0 Å². The van der Waals surface area contributed by atoms with E-state index in [0.717, 1.165) is 17.9 Å². The van der Waals surface area contributed by atoms with Crippen LogP contribution < -0.4 is 0 Å². The minimum atomic E-state index is -0.744. The molecular weight excluding hydrogens is 192 g/mol. The number of aryl methyl sites for hydroxylation is 1. The molecule has 0 radical (unpaired) electrons. The Morgan fingerprint density at radius 3 is 3.00 bits per heavy atom. The van der Waals surface area contributed by atoms with Gasteiger partial charge in [0.1, 0.15) is 5.82 Å². The highest BCUT2D eigenvalue weighted by Crippen LogP contribution is 2.37. The molecule has 0 aliphatic heterocycles. The van der Waals surface area contributed by atoms with Crippen LogP contribution in [0.3, 0.4) is 0 Å². The zero-order valence-corrected chi connectivity index (χ0v) is 8.52. The molecular formula is C11H14N2O2. The number of carboxylic acids is 1. The van der Waals surface area contributed by atoms with Crippen LogP contribution in [0.2, 0.25) is 0 Å². The van der Waals surface area contributed by atoms with Crippen LogP contribution in [0.15, 0.2) is 12.3 Å². The molecule has 1 aliphatic rings. The quantitative estimate of drug-likeness (QED) is 0.797. The normalized spacial score (nSPS) is 15.2. The summed E-state index contributed by atoms with van der Waals surface area (Å²) < 4.78 is 0. The van der Waals surface area contributed by atoms with E-state index in [0.29, 0.717) is 12.3 Å². The molecule has 0 saturated heterocycles. The standard InChI is InChI=1S/C11H14N2O2/c14-10(15)3-1-2-9-6-7-12-11(13-9)8-4-5-8/h6-8H,1-5H2,(H,14,15). The SMILES string of the molecule is O=C(O)CCCc1ccnc(C2CC2)n1. The van der Waals surface area contributed by atoms with E-state index in [1.54, 1.807) is 6.20 Å². The second kappa shape index (κ2) is 4.38. The molecule has 1 heterocycles. The van der Waals surface area contributed by atoms with E-state index >= 15 is 0 Å². The smallest absolute Gasteiger partial charge is 0.303 e. The second-order valence-corrected chi connectivity index (χ2v) is 3.93. The number of carboxylic acid groups (broad SMARTS) is 1. The fraction of sp³-hybridized carbons (Fsp3) is 0.545. The molecule has 1 N–H and O–H groups in total. The summed E-state index contributed by atoms with van der Waals surface area (Å²) in [6, 6.07) is 1.87. The molecule has 1 fully saturated rings. The van der Waals surface area contributed by atoms with E-state index in [2.05, 4.69) is 9.97 Å². The average molecular weight is 206 g/mol. The predicted molar refractivity (Wildman–Crippen MR) is 54.6 cm³/mol. The second-order valence-electron chi connectivity index (χ2n) is 3.93. The summed E-state index contributed by atoms with van der Waals surface area (Å²) in [4.78, 5) is 19.0. The van der Waals surface area contributed by atoms with E-state index in [-0.39, 0.29) is 6.42 Å². The van der Waals surface area contributed by atoms with E-state index < -0.39 is 5.97 Å². The summed E-state index contributed by atoms with van der Waals surface area (Å²) in [5.74, 6) is 0.749. The Morgan fingerprint density at radius 2 is 2.33 bits per heavy atom. The van der Waals surface area contributed by atoms with Crippen molar-refractivity contribution in [3.8, 4) is 0 Å². The molecule has 4 nitrogen and oxygen atoms in total. The number of hydrogen-bond donors (Lipinski definition) is 1. The Hall–Kier alpha value is -1.45. The number of hydrogen-bond acceptors (Lipinski definition) is 3. The van der Waals surface area contributed by atoms with Crippen LogP contribution in [0.25, 0.3) is 0 Å². The fourth-order valence-corrected chi connectivity index (χ4v) is 1.51. The lowest BCUT2D eigenvalue weighted by atomic mass is 10.2. The number of carbonyl (C=O) groups is 1. The van der Waals surface area contributed by atoms with E-state index in [4.69, 9.17) is 5.11 Å². The maximum atomic E-state index is 10.3. The van der Waals surface area contributed by atoms with Gasteiger partial charge in [0.05, 0.1) is 0 Å². The molecule has 1 aliphatic carbocycles. The molecule has 0 spiro atoms. The summed E-state index contributed by atoms with van der Waals surface area (Å²) in [6.45, 7) is 0. The summed E-state index contributed by atoms with van der Waals surface area (Å²) >= 11 is 0. The molecule has 1 saturated carbocycles. The first-order valence-corrected chi connectivity index (χ1v) is 5.29. The number of aromatic nitrogens is 2. The Bertz CT molecular complexity index is 361. The summed E-state index contributed by atoms with van der Waals surface area (Å²) in [7, 11) is 0. The van der Waals surface area contributed by atoms with Crippen molar-refractivity contribution in [2.75, 3.05) is 0 Å². The zero-order valence-electron chi connectivity index (χ0n) is 8.52. The van der Waals surface area contributed by atoms with Crippen molar-refractivity contribution < 1.29 is 9.90 Å². The van der Waals surface area contributed by atoms with E-state index in [1.807, 2.05) is 6.07 Å². The summed E-state index contributed by atoms with van der Waals surface area (Å²) in [6.07, 6.45) is 5.75. The van der Waals surface area contributed by atoms with Crippen LogP contribution in [0.1, 0.15) is 43.1 Å². The van der Waals surface area contributed by atoms with Gasteiger partial charge in [0.15, 0.2) is 0 Å². The Balaban J connectivity index is 1.90. The number of rotatable bonds is 5. The first-order valence-electron chi connectivity index (χ1n) is 5.29. The predicted octanol–water partition coefficient (Wildman–Crippen LogP) is 1.76. The van der Waals surface area contributed by atoms with Crippen molar-refractivity contribution >= 4 is 5.97 Å². The molecule has 0 bridgehead atoms. The first-order chi connectivity index (χ1) is 7.25. The van der Waals surface area contributed by atoms with Crippen molar-refractivity contribution in [2.24, 2.45) is 0 Å². The van der Waals surface area contributed by atoms with Crippen LogP contribution in [0.4, 0.5) is 0 Å². The maximum absolute atomic E-state index is 10.3. The highest BCUT2D eigenvalue weighted by atomic mass is 16.4. The Kier molecular flexibility index (Phi) is 2.94. The van der Waals surface area contributed by atoms with Gasteiger partial charge >= 0.3 is 5.97 Å². The van der Waals surface area contributed by atoms with Gasteiger partial charge in [-0.25, -0.2) is 9.97 Å². The molecule has 0 unspecified atom stereocenters. The Morgan fingerprint density at radius 1 is 1.53 bits per heavy atom. The van der Waals surface area contributed by atoms with Crippen LogP contribution >= 0.6 is 0 Å². The Labute approximate surface area is 88.4 Å². The van der Waals surface area contributed by atoms with Gasteiger partial charge in [-0.3, -0.25) is 4.79 Å². The lowest BCUT2D eigenvalue weighted by molar-refractivity contribution is -0.137. The molecule has 4 heteroatoms. The lowest BCUT2D eigenvalue weighted by Crippen LogP contribution is -2.00. The van der Waals surface area contributed by atoms with Crippen LogP contribution in [-0.2, 0) is 11.2 Å². The molecule has 0 amide bonds. The van der Waals surface area contributed by atoms with E-state index in [9.17, 15) is 4.79 Å². The molecule has 15 heavy (non-hydrogen) atoms. The maximum Gasteiger partial charge on any atom is 0.303 e. The summed E-state index contributed by atoms with van der Waals surface area (Å²) in [5, 5.41) is 8.51. The molecule has 80 valence electrons. The molecule has 1 aromatic heterocycles. The van der Waals surface area contributed by atoms with Crippen molar-refractivity contribution in [1.82, 2.24) is 9.97 Å². The highest BCUT2D eigenvalue weighted by molar-refractivity contribution is 5.66. The molecule has 2 rings (SSSR count). The number of aliphatic carboxylic acids is 1. The van der Waals surface area contributed by atoms with Gasteiger partial charge in [-0.2, -0.15) is 0 Å². The third-order valence-corrected chi connectivity index (χ3v) is 2.50. The van der Waals surface area contributed by atoms with Gasteiger partial charge in [-0.05, 0) is 31.7 Å². The van der Waals surface area contributed by atoms with Gasteiger partial charge in [0, 0.05) is 24.2 Å². The third-order valence-electron chi connectivity index (χ3n) is 2.50. The molecule has 0 atom stereocenters. The van der Waals surface area contributed by atoms with Crippen molar-refractivity contribution in [1.29, 1.82) is 0 Å². The van der Waals surface area contributed by atoms with Crippen LogP contribution in [-0.4, -0.2) is 21.0 Å². The number of nitrogens with zero attached hydrogens (tertiary/aromatic N) is 2. The van der Waals surface area contributed by atoms with Crippen LogP contribution in [0, 0.1) is 0 Å². The zero-order chi connectivity index (χ0) is 10.7. The fourth-order valence-electron chi connectivity index (χ4n) is 1.51. The lowest BCUT2D eigenvalue weighted by Gasteiger charge is -2.01. The van der Waals surface area contributed by atoms with Crippen molar-refractivity contribution in [2.45, 2.75) is 38.0 Å². The third kappa shape index (κ3) is 3.01. The van der Waals surface area contributed by atoms with Gasteiger partial charge in [0.25, 0.3) is 0 Å². The highest BCUT2D eigenvalue weighted by Gasteiger charge is 2.26. The van der Waals surface area contributed by atoms with Gasteiger partial charge in [-0.1, -0.05) is 0 Å². The van der Waals surface area contributed by atoms with E-state index in [1.165, 1.54) is 12.8 Å². The summed E-state index contributed by atoms with van der Waals surface area (Å²) in [5.41, 5.74) is 0.966. The monoisotopic (exact) mass is 206 g/mol. The average Bonchev–Trinajstić information content (AvgIpc) is 3.01. The minimum Gasteiger partial charge on any atom is -0.481 e. The van der Waals surface area contributed by atoms with Crippen molar-refractivity contribution in [3.05, 3.63) is 23.8 Å². The molecule has 1 aromatic rings. The first kappa shape index (κ1) is 10.1. The van der Waals surface area contributed by atoms with Gasteiger partial charge in [-0.15, -0.1) is 0 Å². The van der Waals surface area contributed by atoms with Gasteiger partial charge in [0.2, 0.25) is 0 Å². The van der Waals surface area contributed by atoms with Crippen LogP contribution in [0.5, 0.6) is 0 Å². The minimum absolute atomic E-state index is 0.211. The largest absolute Gasteiger partial charge is 0.481 e. The molecule has 0 aromatic carbocycles. The topological polar surface area (TPSA) is 63.1 Å². The van der Waals surface area contributed by atoms with Gasteiger partial charge < -0.3 is 5.11 Å².